The number of piperidine rings is 1. The Morgan fingerprint density at radius 2 is 1.75 bits per heavy atom. The normalized spacial score (nSPS) is 16.3. The quantitative estimate of drug-likeness (QED) is 0.806. The van der Waals surface area contributed by atoms with Crippen LogP contribution in [0.1, 0.15) is 46.9 Å². The number of carbonyl (C=O) groups is 3. The Balaban J connectivity index is 1.64. The first kappa shape index (κ1) is 19.6. The molecular weight excluding hydrogens is 356 g/mol. The molecule has 1 unspecified atom stereocenters. The molecule has 0 bridgehead atoms. The zero-order chi connectivity index (χ0) is 19.9. The number of anilines is 1. The summed E-state index contributed by atoms with van der Waals surface area (Å²) in [5.74, 6) is -1.15. The number of nitrogens with zero attached hydrogens (tertiary/aromatic N) is 1. The Labute approximate surface area is 164 Å². The maximum atomic E-state index is 12.5. The van der Waals surface area contributed by atoms with E-state index in [2.05, 4.69) is 5.32 Å². The molecule has 1 aliphatic heterocycles. The highest BCUT2D eigenvalue weighted by Gasteiger charge is 2.24. The summed E-state index contributed by atoms with van der Waals surface area (Å²) in [6.45, 7) is 2.40. The Kier molecular flexibility index (Phi) is 6.42. The molecule has 0 spiro atoms. The summed E-state index contributed by atoms with van der Waals surface area (Å²) in [7, 11) is 0. The van der Waals surface area contributed by atoms with Crippen molar-refractivity contribution in [2.24, 2.45) is 0 Å². The maximum Gasteiger partial charge on any atom is 0.340 e. The molecule has 2 aromatic rings. The predicted molar refractivity (Wildman–Crippen MR) is 106 cm³/mol. The molecule has 6 heteroatoms. The summed E-state index contributed by atoms with van der Waals surface area (Å²) in [5, 5.41) is 2.73. The Hall–Kier alpha value is -3.15. The molecule has 0 aliphatic carbocycles. The molecule has 146 valence electrons. The first-order valence-electron chi connectivity index (χ1n) is 9.48. The number of amides is 2. The van der Waals surface area contributed by atoms with Crippen LogP contribution in [0.4, 0.5) is 5.69 Å². The van der Waals surface area contributed by atoms with Crippen molar-refractivity contribution in [2.45, 2.75) is 32.2 Å². The summed E-state index contributed by atoms with van der Waals surface area (Å²) in [4.78, 5) is 39.0. The summed E-state index contributed by atoms with van der Waals surface area (Å²) in [5.41, 5.74) is 1.05. The van der Waals surface area contributed by atoms with E-state index in [0.717, 1.165) is 19.3 Å². The van der Waals surface area contributed by atoms with Gasteiger partial charge in [0.1, 0.15) is 0 Å². The summed E-state index contributed by atoms with van der Waals surface area (Å²) < 4.78 is 5.24. The van der Waals surface area contributed by atoms with Gasteiger partial charge in [-0.3, -0.25) is 9.59 Å². The zero-order valence-electron chi connectivity index (χ0n) is 15.9. The van der Waals surface area contributed by atoms with Crippen LogP contribution in [0.5, 0.6) is 0 Å². The summed E-state index contributed by atoms with van der Waals surface area (Å²) >= 11 is 0. The lowest BCUT2D eigenvalue weighted by Gasteiger charge is -2.33. The van der Waals surface area contributed by atoms with E-state index in [9.17, 15) is 14.4 Å². The van der Waals surface area contributed by atoms with Gasteiger partial charge in [-0.15, -0.1) is 0 Å². The smallest absolute Gasteiger partial charge is 0.340 e. The SMILES string of the molecule is CC1CCCCN1C(=O)COC(=O)c1ccccc1NC(=O)c1ccccc1. The third kappa shape index (κ3) is 4.76. The van der Waals surface area contributed by atoms with Crippen LogP contribution >= 0.6 is 0 Å². The topological polar surface area (TPSA) is 75.7 Å². The highest BCUT2D eigenvalue weighted by atomic mass is 16.5. The van der Waals surface area contributed by atoms with E-state index in [0.29, 0.717) is 17.8 Å². The van der Waals surface area contributed by atoms with Gasteiger partial charge in [-0.1, -0.05) is 30.3 Å². The van der Waals surface area contributed by atoms with Crippen LogP contribution in [0.2, 0.25) is 0 Å². The molecule has 0 radical (unpaired) electrons. The summed E-state index contributed by atoms with van der Waals surface area (Å²) in [6, 6.07) is 15.5. The van der Waals surface area contributed by atoms with E-state index in [1.54, 1.807) is 53.4 Å². The maximum absolute atomic E-state index is 12.5. The number of nitrogens with one attached hydrogen (secondary N) is 1. The van der Waals surface area contributed by atoms with Crippen molar-refractivity contribution in [3.05, 3.63) is 65.7 Å². The molecule has 1 heterocycles. The third-order valence-electron chi connectivity index (χ3n) is 4.88. The molecule has 6 nitrogen and oxygen atoms in total. The van der Waals surface area contributed by atoms with Crippen molar-refractivity contribution in [1.82, 2.24) is 4.90 Å². The lowest BCUT2D eigenvalue weighted by Crippen LogP contribution is -2.44. The predicted octanol–water partition coefficient (Wildman–Crippen LogP) is 3.50. The molecule has 2 aromatic carbocycles. The molecule has 0 saturated carbocycles. The number of ether oxygens (including phenoxy) is 1. The number of likely N-dealkylation sites (tertiary alicyclic amines) is 1. The van der Waals surface area contributed by atoms with Gasteiger partial charge < -0.3 is 15.0 Å². The zero-order valence-corrected chi connectivity index (χ0v) is 15.9. The Morgan fingerprint density at radius 3 is 2.50 bits per heavy atom. The first-order valence-corrected chi connectivity index (χ1v) is 9.48. The van der Waals surface area contributed by atoms with E-state index >= 15 is 0 Å². The number of carbonyl (C=O) groups excluding carboxylic acids is 3. The number of rotatable bonds is 5. The van der Waals surface area contributed by atoms with E-state index in [-0.39, 0.29) is 30.0 Å². The average Bonchev–Trinajstić information content (AvgIpc) is 2.73. The highest BCUT2D eigenvalue weighted by Crippen LogP contribution is 2.19. The number of hydrogen-bond acceptors (Lipinski definition) is 4. The van der Waals surface area contributed by atoms with Crippen molar-refractivity contribution in [3.63, 3.8) is 0 Å². The minimum absolute atomic E-state index is 0.164. The van der Waals surface area contributed by atoms with Gasteiger partial charge >= 0.3 is 5.97 Å². The number of hydrogen-bond donors (Lipinski definition) is 1. The third-order valence-corrected chi connectivity index (χ3v) is 4.88. The largest absolute Gasteiger partial charge is 0.452 e. The van der Waals surface area contributed by atoms with Gasteiger partial charge in [-0.05, 0) is 50.5 Å². The van der Waals surface area contributed by atoms with Gasteiger partial charge in [0.05, 0.1) is 11.3 Å². The van der Waals surface area contributed by atoms with Crippen LogP contribution < -0.4 is 5.32 Å². The van der Waals surface area contributed by atoms with Crippen LogP contribution in [0.15, 0.2) is 54.6 Å². The fourth-order valence-corrected chi connectivity index (χ4v) is 3.31. The van der Waals surface area contributed by atoms with Gasteiger partial charge in [-0.25, -0.2) is 4.79 Å². The van der Waals surface area contributed by atoms with E-state index in [1.165, 1.54) is 0 Å². The van der Waals surface area contributed by atoms with Gasteiger partial charge in [0, 0.05) is 18.2 Å². The van der Waals surface area contributed by atoms with Gasteiger partial charge in [0.15, 0.2) is 6.61 Å². The van der Waals surface area contributed by atoms with Crippen molar-refractivity contribution in [1.29, 1.82) is 0 Å². The standard InChI is InChI=1S/C22H24N2O4/c1-16-9-7-8-14-24(16)20(25)15-28-22(27)18-12-5-6-13-19(18)23-21(26)17-10-3-2-4-11-17/h2-6,10-13,16H,7-9,14-15H2,1H3,(H,23,26). The van der Waals surface area contributed by atoms with Crippen molar-refractivity contribution in [3.8, 4) is 0 Å². The monoisotopic (exact) mass is 380 g/mol. The van der Waals surface area contributed by atoms with Crippen LogP contribution in [-0.2, 0) is 9.53 Å². The van der Waals surface area contributed by atoms with E-state index < -0.39 is 5.97 Å². The fourth-order valence-electron chi connectivity index (χ4n) is 3.31. The molecule has 2 amide bonds. The number of benzene rings is 2. The lowest BCUT2D eigenvalue weighted by atomic mass is 10.0. The first-order chi connectivity index (χ1) is 13.6. The molecule has 28 heavy (non-hydrogen) atoms. The molecule has 1 aliphatic rings. The molecular formula is C22H24N2O4. The van der Waals surface area contributed by atoms with Crippen molar-refractivity contribution in [2.75, 3.05) is 18.5 Å². The van der Waals surface area contributed by atoms with Crippen molar-refractivity contribution >= 4 is 23.5 Å². The molecule has 0 aromatic heterocycles. The van der Waals surface area contributed by atoms with Gasteiger partial charge in [0.25, 0.3) is 11.8 Å². The fraction of sp³-hybridized carbons (Fsp3) is 0.318. The second-order valence-corrected chi connectivity index (χ2v) is 6.87. The lowest BCUT2D eigenvalue weighted by molar-refractivity contribution is -0.137. The molecule has 1 N–H and O–H groups in total. The second-order valence-electron chi connectivity index (χ2n) is 6.87. The summed E-state index contributed by atoms with van der Waals surface area (Å²) in [6.07, 6.45) is 3.05. The van der Waals surface area contributed by atoms with E-state index in [1.807, 2.05) is 13.0 Å². The number of esters is 1. The van der Waals surface area contributed by atoms with Gasteiger partial charge in [0.2, 0.25) is 0 Å². The molecule has 1 atom stereocenters. The Bertz CT molecular complexity index is 851. The molecule has 3 rings (SSSR count). The average molecular weight is 380 g/mol. The van der Waals surface area contributed by atoms with E-state index in [4.69, 9.17) is 4.74 Å². The highest BCUT2D eigenvalue weighted by molar-refractivity contribution is 6.08. The minimum Gasteiger partial charge on any atom is -0.452 e. The Morgan fingerprint density at radius 1 is 1.04 bits per heavy atom. The van der Waals surface area contributed by atoms with Crippen LogP contribution in [0.3, 0.4) is 0 Å². The van der Waals surface area contributed by atoms with Gasteiger partial charge in [-0.2, -0.15) is 0 Å². The minimum atomic E-state index is -0.637. The van der Waals surface area contributed by atoms with Crippen LogP contribution in [0, 0.1) is 0 Å². The second kappa shape index (κ2) is 9.17. The molecule has 1 saturated heterocycles. The number of para-hydroxylation sites is 1. The molecule has 1 fully saturated rings. The van der Waals surface area contributed by atoms with Crippen LogP contribution in [0.25, 0.3) is 0 Å². The van der Waals surface area contributed by atoms with Crippen LogP contribution in [-0.4, -0.2) is 41.9 Å². The van der Waals surface area contributed by atoms with Crippen molar-refractivity contribution < 1.29 is 19.1 Å².